The van der Waals surface area contributed by atoms with Crippen LogP contribution in [0, 0.1) is 11.8 Å². The van der Waals surface area contributed by atoms with Crippen LogP contribution in [0.3, 0.4) is 0 Å². The molecule has 0 spiro atoms. The van der Waals surface area contributed by atoms with Crippen LogP contribution in [0.1, 0.15) is 78.1 Å². The lowest BCUT2D eigenvalue weighted by molar-refractivity contribution is -0.157. The van der Waals surface area contributed by atoms with E-state index in [4.69, 9.17) is 10.5 Å². The Labute approximate surface area is 212 Å². The van der Waals surface area contributed by atoms with E-state index in [1.165, 1.54) is 6.92 Å². The summed E-state index contributed by atoms with van der Waals surface area (Å²) in [5, 5.41) is 11.2. The first kappa shape index (κ1) is 27.9. The summed E-state index contributed by atoms with van der Waals surface area (Å²) in [4.78, 5) is 63.4. The van der Waals surface area contributed by atoms with Gasteiger partial charge in [0.1, 0.15) is 6.04 Å². The molecule has 1 heterocycles. The third kappa shape index (κ3) is 7.91. The smallest absolute Gasteiger partial charge is 0.303 e. The third-order valence-electron chi connectivity index (χ3n) is 7.29. The van der Waals surface area contributed by atoms with Crippen molar-refractivity contribution in [1.82, 2.24) is 21.3 Å². The van der Waals surface area contributed by atoms with Gasteiger partial charge >= 0.3 is 5.97 Å². The number of carbonyl (C=O) groups excluding carboxylic acids is 5. The van der Waals surface area contributed by atoms with E-state index in [0.717, 1.165) is 38.5 Å². The number of esters is 1. The average Bonchev–Trinajstić information content (AvgIpc) is 3.29. The first-order chi connectivity index (χ1) is 17.2. The summed E-state index contributed by atoms with van der Waals surface area (Å²) in [5.74, 6) is -2.54. The molecule has 11 nitrogen and oxygen atoms in total. The van der Waals surface area contributed by atoms with Gasteiger partial charge in [-0.3, -0.25) is 24.0 Å². The number of nitrogens with two attached hydrogens (primary N) is 1. The van der Waals surface area contributed by atoms with Crippen LogP contribution in [0.25, 0.3) is 0 Å². The molecule has 6 N–H and O–H groups in total. The lowest BCUT2D eigenvalue weighted by atomic mass is 9.93. The molecule has 1 unspecified atom stereocenters. The van der Waals surface area contributed by atoms with Crippen LogP contribution < -0.4 is 27.0 Å². The molecule has 0 bridgehead atoms. The first-order valence-corrected chi connectivity index (χ1v) is 13.3. The van der Waals surface area contributed by atoms with Crippen LogP contribution in [0.5, 0.6) is 0 Å². The molecule has 0 radical (unpaired) electrons. The molecule has 3 fully saturated rings. The fourth-order valence-electron chi connectivity index (χ4n) is 5.08. The van der Waals surface area contributed by atoms with Gasteiger partial charge in [-0.25, -0.2) is 0 Å². The van der Waals surface area contributed by atoms with Gasteiger partial charge in [-0.1, -0.05) is 26.2 Å². The van der Waals surface area contributed by atoms with Crippen molar-refractivity contribution in [1.29, 1.82) is 0 Å². The Hall–Kier alpha value is -2.69. The minimum atomic E-state index is -1.29. The highest BCUT2D eigenvalue weighted by Crippen LogP contribution is 2.27. The second-order valence-corrected chi connectivity index (χ2v) is 10.4. The van der Waals surface area contributed by atoms with E-state index >= 15 is 0 Å². The highest BCUT2D eigenvalue weighted by Gasteiger charge is 2.40. The van der Waals surface area contributed by atoms with Crippen molar-refractivity contribution in [3.63, 3.8) is 0 Å². The van der Waals surface area contributed by atoms with Crippen molar-refractivity contribution in [2.75, 3.05) is 6.54 Å². The number of ether oxygens (including phenoxy) is 1. The maximum absolute atomic E-state index is 13.4. The molecule has 1 saturated heterocycles. The maximum Gasteiger partial charge on any atom is 0.303 e. The van der Waals surface area contributed by atoms with Crippen LogP contribution in [0.4, 0.5) is 0 Å². The SMILES string of the molecule is CCC[C@H](NC(=O)[C@H](N)C1CCCC1)C(=O)N[C@@H](C[C@@H]1CCNC1=O)C(OC(C)=O)C(=O)NC1CC1. The number of amides is 4. The van der Waals surface area contributed by atoms with Gasteiger partial charge in [-0.05, 0) is 50.9 Å². The number of hydrogen-bond donors (Lipinski definition) is 5. The van der Waals surface area contributed by atoms with Crippen molar-refractivity contribution >= 4 is 29.6 Å². The highest BCUT2D eigenvalue weighted by molar-refractivity contribution is 5.91. The molecule has 36 heavy (non-hydrogen) atoms. The minimum absolute atomic E-state index is 0.0193. The fourth-order valence-corrected chi connectivity index (χ4v) is 5.08. The second-order valence-electron chi connectivity index (χ2n) is 10.4. The minimum Gasteiger partial charge on any atom is -0.450 e. The zero-order valence-corrected chi connectivity index (χ0v) is 21.3. The molecule has 3 rings (SSSR count). The zero-order chi connectivity index (χ0) is 26.2. The fraction of sp³-hybridized carbons (Fsp3) is 0.800. The van der Waals surface area contributed by atoms with Gasteiger partial charge in [0, 0.05) is 25.4 Å². The van der Waals surface area contributed by atoms with Gasteiger partial charge in [0.25, 0.3) is 5.91 Å². The lowest BCUT2D eigenvalue weighted by Gasteiger charge is -2.30. The Balaban J connectivity index is 1.74. The van der Waals surface area contributed by atoms with Crippen molar-refractivity contribution in [2.24, 2.45) is 17.6 Å². The summed E-state index contributed by atoms with van der Waals surface area (Å²) in [6, 6.07) is -2.46. The molecule has 4 amide bonds. The van der Waals surface area contributed by atoms with E-state index in [0.29, 0.717) is 25.8 Å². The largest absolute Gasteiger partial charge is 0.450 e. The summed E-state index contributed by atoms with van der Waals surface area (Å²) in [6.45, 7) is 3.60. The first-order valence-electron chi connectivity index (χ1n) is 13.3. The average molecular weight is 508 g/mol. The van der Waals surface area contributed by atoms with Crippen LogP contribution in [-0.2, 0) is 28.7 Å². The van der Waals surface area contributed by atoms with Crippen molar-refractivity contribution in [3.8, 4) is 0 Å². The van der Waals surface area contributed by atoms with Crippen molar-refractivity contribution in [2.45, 2.75) is 108 Å². The normalized spacial score (nSPS) is 23.2. The summed E-state index contributed by atoms with van der Waals surface area (Å²) >= 11 is 0. The van der Waals surface area contributed by atoms with Gasteiger partial charge in [0.2, 0.25) is 17.7 Å². The molecule has 0 aromatic rings. The Kier molecular flexibility index (Phi) is 10.1. The summed E-state index contributed by atoms with van der Waals surface area (Å²) in [6.07, 6.45) is 5.94. The summed E-state index contributed by atoms with van der Waals surface area (Å²) in [7, 11) is 0. The Bertz CT molecular complexity index is 826. The lowest BCUT2D eigenvalue weighted by Crippen LogP contribution is -2.58. The predicted octanol–water partition coefficient (Wildman–Crippen LogP) is 0.0101. The van der Waals surface area contributed by atoms with Gasteiger partial charge in [0.05, 0.1) is 12.1 Å². The van der Waals surface area contributed by atoms with Crippen molar-refractivity contribution < 1.29 is 28.7 Å². The number of carbonyl (C=O) groups is 5. The molecular weight excluding hydrogens is 466 g/mol. The van der Waals surface area contributed by atoms with E-state index in [1.54, 1.807) is 0 Å². The Morgan fingerprint density at radius 2 is 1.72 bits per heavy atom. The molecule has 3 aliphatic rings. The van der Waals surface area contributed by atoms with Gasteiger partial charge in [-0.2, -0.15) is 0 Å². The third-order valence-corrected chi connectivity index (χ3v) is 7.29. The topological polar surface area (TPSA) is 169 Å². The molecule has 0 aromatic heterocycles. The van der Waals surface area contributed by atoms with E-state index in [-0.39, 0.29) is 30.2 Å². The van der Waals surface area contributed by atoms with Gasteiger partial charge < -0.3 is 31.7 Å². The predicted molar refractivity (Wildman–Crippen MR) is 131 cm³/mol. The quantitative estimate of drug-likeness (QED) is 0.219. The monoisotopic (exact) mass is 507 g/mol. The highest BCUT2D eigenvalue weighted by atomic mass is 16.5. The molecule has 5 atom stereocenters. The summed E-state index contributed by atoms with van der Waals surface area (Å²) in [5.41, 5.74) is 6.19. The molecule has 2 aliphatic carbocycles. The van der Waals surface area contributed by atoms with Crippen LogP contribution in [-0.4, -0.2) is 66.4 Å². The second kappa shape index (κ2) is 13.0. The molecule has 11 heteroatoms. The molecule has 1 aliphatic heterocycles. The zero-order valence-electron chi connectivity index (χ0n) is 21.3. The molecule has 0 aromatic carbocycles. The van der Waals surface area contributed by atoms with Gasteiger partial charge in [0.15, 0.2) is 6.10 Å². The van der Waals surface area contributed by atoms with E-state index < -0.39 is 47.9 Å². The number of hydrogen-bond acceptors (Lipinski definition) is 7. The summed E-state index contributed by atoms with van der Waals surface area (Å²) < 4.78 is 5.37. The number of nitrogens with one attached hydrogen (secondary N) is 4. The Morgan fingerprint density at radius 1 is 1.03 bits per heavy atom. The molecule has 2 saturated carbocycles. The van der Waals surface area contributed by atoms with E-state index in [1.807, 2.05) is 6.92 Å². The van der Waals surface area contributed by atoms with E-state index in [2.05, 4.69) is 21.3 Å². The Morgan fingerprint density at radius 3 is 2.28 bits per heavy atom. The molecule has 202 valence electrons. The van der Waals surface area contributed by atoms with Crippen LogP contribution >= 0.6 is 0 Å². The van der Waals surface area contributed by atoms with Crippen LogP contribution in [0.15, 0.2) is 0 Å². The van der Waals surface area contributed by atoms with Gasteiger partial charge in [-0.15, -0.1) is 0 Å². The van der Waals surface area contributed by atoms with Crippen LogP contribution in [0.2, 0.25) is 0 Å². The molecular formula is C25H41N5O6. The standard InChI is InChI=1S/C25H41N5O6/c1-3-6-18(29-24(34)20(26)15-7-4-5-8-15)23(33)30-19(13-16-11-12-27-22(16)32)21(36-14(2)31)25(35)28-17-9-10-17/h15-21H,3-13,26H2,1-2H3,(H,27,32)(H,28,35)(H,29,34)(H,30,33)/t16-,18-,19-,20+,21?/m0/s1. The maximum atomic E-state index is 13.4. The van der Waals surface area contributed by atoms with E-state index in [9.17, 15) is 24.0 Å². The van der Waals surface area contributed by atoms with Crippen molar-refractivity contribution in [3.05, 3.63) is 0 Å². The number of rotatable bonds is 13.